The third-order valence-corrected chi connectivity index (χ3v) is 7.95. The molecule has 36 heavy (non-hydrogen) atoms. The Balaban J connectivity index is 1.24. The number of nitrogens with two attached hydrogens (primary N) is 1. The minimum Gasteiger partial charge on any atom is -0.368 e. The number of anilines is 3. The maximum Gasteiger partial charge on any atom is 0.223 e. The highest BCUT2D eigenvalue weighted by Crippen LogP contribution is 2.46. The first-order valence-electron chi connectivity index (χ1n) is 12.8. The SMILES string of the molecule is CC1Cc2ccc(-c3cnn(CC4(C#N)CC4)c3)cc2CN1c1cc(N2CCN(C)CC2)nc(N)n1. The van der Waals surface area contributed by atoms with E-state index in [-0.39, 0.29) is 5.41 Å². The zero-order valence-corrected chi connectivity index (χ0v) is 21.1. The quantitative estimate of drug-likeness (QED) is 0.591. The molecule has 2 aromatic heterocycles. The maximum atomic E-state index is 9.42. The average molecular weight is 484 g/mol. The lowest BCUT2D eigenvalue weighted by atomic mass is 9.92. The molecule has 2 fully saturated rings. The molecule has 1 saturated carbocycles. The number of aromatic nitrogens is 4. The summed E-state index contributed by atoms with van der Waals surface area (Å²) in [5.74, 6) is 2.13. The fourth-order valence-corrected chi connectivity index (χ4v) is 5.38. The topological polar surface area (TPSA) is 103 Å². The first kappa shape index (κ1) is 22.8. The Bertz CT molecular complexity index is 1310. The second kappa shape index (κ2) is 8.79. The van der Waals surface area contributed by atoms with Crippen molar-refractivity contribution in [3.05, 3.63) is 47.8 Å². The number of nitrogens with zero attached hydrogens (tertiary/aromatic N) is 8. The summed E-state index contributed by atoms with van der Waals surface area (Å²) in [6.07, 6.45) is 6.86. The predicted octanol–water partition coefficient (Wildman–Crippen LogP) is 2.93. The Morgan fingerprint density at radius 2 is 1.83 bits per heavy atom. The van der Waals surface area contributed by atoms with Gasteiger partial charge in [0.05, 0.1) is 24.2 Å². The van der Waals surface area contributed by atoms with Crippen LogP contribution in [0.3, 0.4) is 0 Å². The van der Waals surface area contributed by atoms with Gasteiger partial charge in [-0.2, -0.15) is 20.3 Å². The number of nitriles is 1. The van der Waals surface area contributed by atoms with E-state index in [0.29, 0.717) is 18.5 Å². The van der Waals surface area contributed by atoms with Crippen LogP contribution >= 0.6 is 0 Å². The second-order valence-electron chi connectivity index (χ2n) is 10.7. The smallest absolute Gasteiger partial charge is 0.223 e. The summed E-state index contributed by atoms with van der Waals surface area (Å²) in [5.41, 5.74) is 10.9. The number of piperazine rings is 1. The number of benzene rings is 1. The van der Waals surface area contributed by atoms with Gasteiger partial charge in [0, 0.05) is 56.6 Å². The van der Waals surface area contributed by atoms with E-state index < -0.39 is 0 Å². The number of rotatable bonds is 5. The van der Waals surface area contributed by atoms with Gasteiger partial charge < -0.3 is 20.4 Å². The number of likely N-dealkylation sites (N-methyl/N-ethyl adjacent to an activating group) is 1. The van der Waals surface area contributed by atoms with Crippen molar-refractivity contribution < 1.29 is 0 Å². The molecule has 1 aromatic carbocycles. The highest BCUT2D eigenvalue weighted by molar-refractivity contribution is 5.65. The molecule has 9 nitrogen and oxygen atoms in total. The molecule has 0 radical (unpaired) electrons. The van der Waals surface area contributed by atoms with Gasteiger partial charge in [-0.05, 0) is 56.0 Å². The highest BCUT2D eigenvalue weighted by atomic mass is 15.3. The van der Waals surface area contributed by atoms with Crippen molar-refractivity contribution >= 4 is 17.6 Å². The van der Waals surface area contributed by atoms with Crippen LogP contribution in [0.5, 0.6) is 0 Å². The van der Waals surface area contributed by atoms with E-state index in [4.69, 9.17) is 5.73 Å². The predicted molar refractivity (Wildman–Crippen MR) is 140 cm³/mol. The first-order valence-corrected chi connectivity index (χ1v) is 12.8. The molecule has 1 aliphatic carbocycles. The van der Waals surface area contributed by atoms with Gasteiger partial charge in [0.25, 0.3) is 0 Å². The van der Waals surface area contributed by atoms with Crippen molar-refractivity contribution in [3.63, 3.8) is 0 Å². The van der Waals surface area contributed by atoms with Crippen LogP contribution in [0.25, 0.3) is 11.1 Å². The molecule has 0 spiro atoms. The molecule has 2 aliphatic heterocycles. The van der Waals surface area contributed by atoms with Crippen molar-refractivity contribution in [2.75, 3.05) is 48.8 Å². The summed E-state index contributed by atoms with van der Waals surface area (Å²) in [5, 5.41) is 14.0. The van der Waals surface area contributed by atoms with Crippen LogP contribution in [0.2, 0.25) is 0 Å². The summed E-state index contributed by atoms with van der Waals surface area (Å²) in [6, 6.07) is 11.6. The Hall–Kier alpha value is -3.64. The summed E-state index contributed by atoms with van der Waals surface area (Å²) in [4.78, 5) is 16.2. The molecule has 1 atom stereocenters. The summed E-state index contributed by atoms with van der Waals surface area (Å²) in [6.45, 7) is 7.61. The Labute approximate surface area is 212 Å². The number of hydrogen-bond donors (Lipinski definition) is 1. The Morgan fingerprint density at radius 1 is 1.06 bits per heavy atom. The largest absolute Gasteiger partial charge is 0.368 e. The van der Waals surface area contributed by atoms with Crippen LogP contribution in [0.4, 0.5) is 17.6 Å². The molecular weight excluding hydrogens is 450 g/mol. The third kappa shape index (κ3) is 4.37. The minimum absolute atomic E-state index is 0.210. The van der Waals surface area contributed by atoms with E-state index >= 15 is 0 Å². The molecule has 3 aliphatic rings. The van der Waals surface area contributed by atoms with Crippen LogP contribution in [-0.2, 0) is 19.5 Å². The van der Waals surface area contributed by atoms with Gasteiger partial charge in [-0.1, -0.05) is 12.1 Å². The molecule has 2 N–H and O–H groups in total. The molecule has 0 bridgehead atoms. The number of hydrogen-bond acceptors (Lipinski definition) is 8. The fraction of sp³-hybridized carbons (Fsp3) is 0.481. The zero-order chi connectivity index (χ0) is 24.9. The van der Waals surface area contributed by atoms with Gasteiger partial charge in [0.1, 0.15) is 11.6 Å². The number of nitrogen functional groups attached to an aromatic ring is 1. The van der Waals surface area contributed by atoms with E-state index in [0.717, 1.165) is 74.7 Å². The van der Waals surface area contributed by atoms with Gasteiger partial charge in [-0.25, -0.2) is 0 Å². The van der Waals surface area contributed by atoms with Crippen LogP contribution in [0, 0.1) is 16.7 Å². The van der Waals surface area contributed by atoms with Gasteiger partial charge in [0.2, 0.25) is 5.95 Å². The Morgan fingerprint density at radius 3 is 2.58 bits per heavy atom. The average Bonchev–Trinajstić information content (AvgIpc) is 3.50. The minimum atomic E-state index is -0.210. The lowest BCUT2D eigenvalue weighted by Gasteiger charge is -2.37. The van der Waals surface area contributed by atoms with Gasteiger partial charge in [0.15, 0.2) is 0 Å². The van der Waals surface area contributed by atoms with Crippen molar-refractivity contribution in [2.24, 2.45) is 5.41 Å². The third-order valence-electron chi connectivity index (χ3n) is 7.95. The fourth-order valence-electron chi connectivity index (χ4n) is 5.38. The Kier molecular flexibility index (Phi) is 5.56. The normalized spacial score (nSPS) is 21.2. The van der Waals surface area contributed by atoms with Gasteiger partial charge >= 0.3 is 0 Å². The van der Waals surface area contributed by atoms with Crippen LogP contribution in [0.1, 0.15) is 30.9 Å². The second-order valence-corrected chi connectivity index (χ2v) is 10.7. The molecule has 6 rings (SSSR count). The van der Waals surface area contributed by atoms with E-state index in [1.54, 1.807) is 0 Å². The maximum absolute atomic E-state index is 9.42. The summed E-state index contributed by atoms with van der Waals surface area (Å²) in [7, 11) is 2.15. The molecule has 1 saturated heterocycles. The zero-order valence-electron chi connectivity index (χ0n) is 21.1. The van der Waals surface area contributed by atoms with Crippen LogP contribution in [0.15, 0.2) is 36.7 Å². The highest BCUT2D eigenvalue weighted by Gasteiger charge is 2.43. The molecule has 9 heteroatoms. The summed E-state index contributed by atoms with van der Waals surface area (Å²) >= 11 is 0. The van der Waals surface area contributed by atoms with Crippen LogP contribution in [-0.4, -0.2) is 63.9 Å². The standard InChI is InChI=1S/C27H33N9/c1-19-11-20-3-4-21(23-14-30-35(15-23)18-27(17-28)5-6-27)12-22(20)16-36(19)25-13-24(31-26(29)32-25)34-9-7-33(2)8-10-34/h3-4,12-15,19H,5-11,16,18H2,1-2H3,(H2,29,31,32). The molecule has 4 heterocycles. The van der Waals surface area contributed by atoms with Crippen molar-refractivity contribution in [1.82, 2.24) is 24.6 Å². The van der Waals surface area contributed by atoms with E-state index in [1.165, 1.54) is 11.1 Å². The first-order chi connectivity index (χ1) is 17.4. The van der Waals surface area contributed by atoms with Crippen LogP contribution < -0.4 is 15.5 Å². The molecular formula is C27H33N9. The molecule has 186 valence electrons. The summed E-state index contributed by atoms with van der Waals surface area (Å²) < 4.78 is 1.92. The lowest BCUT2D eigenvalue weighted by Crippen LogP contribution is -2.45. The molecule has 0 amide bonds. The van der Waals surface area contributed by atoms with Gasteiger partial charge in [-0.3, -0.25) is 4.68 Å². The van der Waals surface area contributed by atoms with E-state index in [1.807, 2.05) is 10.9 Å². The number of fused-ring (bicyclic) bond motifs is 1. The van der Waals surface area contributed by atoms with E-state index in [9.17, 15) is 5.26 Å². The van der Waals surface area contributed by atoms with Crippen molar-refractivity contribution in [3.8, 4) is 17.2 Å². The van der Waals surface area contributed by atoms with Crippen molar-refractivity contribution in [2.45, 2.75) is 45.3 Å². The van der Waals surface area contributed by atoms with Gasteiger partial charge in [-0.15, -0.1) is 0 Å². The molecule has 1 unspecified atom stereocenters. The lowest BCUT2D eigenvalue weighted by molar-refractivity contribution is 0.312. The molecule has 3 aromatic rings. The van der Waals surface area contributed by atoms with E-state index in [2.05, 4.69) is 80.3 Å². The monoisotopic (exact) mass is 483 g/mol. The van der Waals surface area contributed by atoms with Crippen molar-refractivity contribution in [1.29, 1.82) is 5.26 Å².